The lowest BCUT2D eigenvalue weighted by atomic mass is 10.2. The fourth-order valence-electron chi connectivity index (χ4n) is 1.97. The molecule has 15 heavy (non-hydrogen) atoms. The SMILES string of the molecule is CCOCCN(CC)CC1CC(O)CN1. The zero-order valence-corrected chi connectivity index (χ0v) is 9.91. The highest BCUT2D eigenvalue weighted by atomic mass is 16.5. The molecular formula is C11H24N2O2. The molecule has 1 fully saturated rings. The molecule has 0 spiro atoms. The van der Waals surface area contributed by atoms with Crippen molar-refractivity contribution in [2.75, 3.05) is 39.4 Å². The molecule has 1 aliphatic heterocycles. The van der Waals surface area contributed by atoms with E-state index in [-0.39, 0.29) is 6.10 Å². The first-order chi connectivity index (χ1) is 7.26. The van der Waals surface area contributed by atoms with E-state index in [1.54, 1.807) is 0 Å². The zero-order valence-electron chi connectivity index (χ0n) is 9.91. The van der Waals surface area contributed by atoms with Gasteiger partial charge in [-0.3, -0.25) is 4.90 Å². The Kier molecular flexibility index (Phi) is 6.17. The van der Waals surface area contributed by atoms with Crippen LogP contribution in [0.2, 0.25) is 0 Å². The average molecular weight is 216 g/mol. The van der Waals surface area contributed by atoms with Gasteiger partial charge in [0.2, 0.25) is 0 Å². The molecule has 0 radical (unpaired) electrons. The number of hydrogen-bond acceptors (Lipinski definition) is 4. The fourth-order valence-corrected chi connectivity index (χ4v) is 1.97. The Balaban J connectivity index is 2.15. The van der Waals surface area contributed by atoms with Gasteiger partial charge in [0.25, 0.3) is 0 Å². The van der Waals surface area contributed by atoms with Crippen LogP contribution in [0.1, 0.15) is 20.3 Å². The molecule has 90 valence electrons. The number of nitrogens with zero attached hydrogens (tertiary/aromatic N) is 1. The van der Waals surface area contributed by atoms with E-state index >= 15 is 0 Å². The molecule has 0 amide bonds. The number of aliphatic hydroxyl groups excluding tert-OH is 1. The number of rotatable bonds is 7. The lowest BCUT2D eigenvalue weighted by molar-refractivity contribution is 0.111. The number of likely N-dealkylation sites (N-methyl/N-ethyl adjacent to an activating group) is 1. The van der Waals surface area contributed by atoms with Gasteiger partial charge in [0.05, 0.1) is 12.7 Å². The monoisotopic (exact) mass is 216 g/mol. The van der Waals surface area contributed by atoms with Gasteiger partial charge in [-0.2, -0.15) is 0 Å². The summed E-state index contributed by atoms with van der Waals surface area (Å²) < 4.78 is 5.34. The molecule has 4 nitrogen and oxygen atoms in total. The van der Waals surface area contributed by atoms with Crippen LogP contribution >= 0.6 is 0 Å². The summed E-state index contributed by atoms with van der Waals surface area (Å²) in [6.45, 7) is 9.56. The van der Waals surface area contributed by atoms with Crippen molar-refractivity contribution in [2.45, 2.75) is 32.4 Å². The molecule has 2 atom stereocenters. The molecule has 0 saturated carbocycles. The van der Waals surface area contributed by atoms with E-state index in [2.05, 4.69) is 17.1 Å². The predicted octanol–water partition coefficient (Wildman–Crippen LogP) is 0.0676. The minimum absolute atomic E-state index is 0.152. The van der Waals surface area contributed by atoms with Crippen molar-refractivity contribution in [2.24, 2.45) is 0 Å². The van der Waals surface area contributed by atoms with Crippen molar-refractivity contribution in [1.82, 2.24) is 10.2 Å². The highest BCUT2D eigenvalue weighted by Crippen LogP contribution is 2.07. The summed E-state index contributed by atoms with van der Waals surface area (Å²) in [5, 5.41) is 12.7. The topological polar surface area (TPSA) is 44.7 Å². The van der Waals surface area contributed by atoms with Crippen molar-refractivity contribution in [3.05, 3.63) is 0 Å². The Hall–Kier alpha value is -0.160. The van der Waals surface area contributed by atoms with Crippen LogP contribution in [0.5, 0.6) is 0 Å². The van der Waals surface area contributed by atoms with Crippen LogP contribution in [0, 0.1) is 0 Å². The third-order valence-corrected chi connectivity index (χ3v) is 2.88. The average Bonchev–Trinajstić information content (AvgIpc) is 2.63. The number of β-amino-alcohol motifs (C(OH)–C–C–N with tert-alkyl or cyclic N) is 1. The van der Waals surface area contributed by atoms with Crippen LogP contribution in [-0.2, 0) is 4.74 Å². The van der Waals surface area contributed by atoms with Crippen molar-refractivity contribution < 1.29 is 9.84 Å². The normalized spacial score (nSPS) is 26.4. The van der Waals surface area contributed by atoms with Crippen LogP contribution in [-0.4, -0.2) is 61.5 Å². The van der Waals surface area contributed by atoms with Gasteiger partial charge in [0, 0.05) is 32.3 Å². The van der Waals surface area contributed by atoms with Crippen LogP contribution < -0.4 is 5.32 Å². The van der Waals surface area contributed by atoms with Gasteiger partial charge in [-0.15, -0.1) is 0 Å². The molecular weight excluding hydrogens is 192 g/mol. The lowest BCUT2D eigenvalue weighted by Crippen LogP contribution is -2.39. The largest absolute Gasteiger partial charge is 0.392 e. The van der Waals surface area contributed by atoms with Crippen LogP contribution in [0.4, 0.5) is 0 Å². The lowest BCUT2D eigenvalue weighted by Gasteiger charge is -2.23. The van der Waals surface area contributed by atoms with Crippen LogP contribution in [0.15, 0.2) is 0 Å². The first-order valence-electron chi connectivity index (χ1n) is 5.97. The summed E-state index contributed by atoms with van der Waals surface area (Å²) in [5.41, 5.74) is 0. The summed E-state index contributed by atoms with van der Waals surface area (Å²) in [5.74, 6) is 0. The van der Waals surface area contributed by atoms with E-state index < -0.39 is 0 Å². The van der Waals surface area contributed by atoms with Crippen molar-refractivity contribution in [3.63, 3.8) is 0 Å². The summed E-state index contributed by atoms with van der Waals surface area (Å²) in [6.07, 6.45) is 0.728. The molecule has 4 heteroatoms. The van der Waals surface area contributed by atoms with E-state index in [1.165, 1.54) is 0 Å². The van der Waals surface area contributed by atoms with E-state index in [1.807, 2.05) is 6.92 Å². The molecule has 2 N–H and O–H groups in total. The van der Waals surface area contributed by atoms with Gasteiger partial charge in [-0.25, -0.2) is 0 Å². The maximum absolute atomic E-state index is 9.39. The maximum Gasteiger partial charge on any atom is 0.0680 e. The Bertz CT molecular complexity index is 167. The van der Waals surface area contributed by atoms with Gasteiger partial charge in [-0.05, 0) is 19.9 Å². The number of hydrogen-bond donors (Lipinski definition) is 2. The van der Waals surface area contributed by atoms with Gasteiger partial charge >= 0.3 is 0 Å². The molecule has 0 aromatic carbocycles. The number of aliphatic hydroxyl groups is 1. The Labute approximate surface area is 92.6 Å². The minimum Gasteiger partial charge on any atom is -0.392 e. The second-order valence-electron chi connectivity index (χ2n) is 4.08. The molecule has 0 aromatic rings. The zero-order chi connectivity index (χ0) is 11.1. The second kappa shape index (κ2) is 7.17. The van der Waals surface area contributed by atoms with Crippen molar-refractivity contribution >= 4 is 0 Å². The number of nitrogens with one attached hydrogen (secondary N) is 1. The van der Waals surface area contributed by atoms with E-state index in [0.717, 1.165) is 45.8 Å². The van der Waals surface area contributed by atoms with E-state index in [0.29, 0.717) is 6.04 Å². The predicted molar refractivity (Wildman–Crippen MR) is 61.0 cm³/mol. The van der Waals surface area contributed by atoms with E-state index in [4.69, 9.17) is 4.74 Å². The maximum atomic E-state index is 9.39. The summed E-state index contributed by atoms with van der Waals surface area (Å²) >= 11 is 0. The smallest absolute Gasteiger partial charge is 0.0680 e. The van der Waals surface area contributed by atoms with Gasteiger partial charge in [0.1, 0.15) is 0 Å². The van der Waals surface area contributed by atoms with Gasteiger partial charge in [0.15, 0.2) is 0 Å². The first kappa shape index (κ1) is 12.9. The van der Waals surface area contributed by atoms with Crippen LogP contribution in [0.25, 0.3) is 0 Å². The molecule has 0 bridgehead atoms. The third kappa shape index (κ3) is 4.93. The summed E-state index contributed by atoms with van der Waals surface area (Å²) in [6, 6.07) is 0.446. The fraction of sp³-hybridized carbons (Fsp3) is 1.00. The molecule has 1 aliphatic rings. The van der Waals surface area contributed by atoms with Crippen molar-refractivity contribution in [1.29, 1.82) is 0 Å². The molecule has 2 unspecified atom stereocenters. The number of ether oxygens (including phenoxy) is 1. The molecule has 1 saturated heterocycles. The van der Waals surface area contributed by atoms with Gasteiger partial charge in [-0.1, -0.05) is 6.92 Å². The van der Waals surface area contributed by atoms with E-state index in [9.17, 15) is 5.11 Å². The van der Waals surface area contributed by atoms with Crippen LogP contribution in [0.3, 0.4) is 0 Å². The van der Waals surface area contributed by atoms with Gasteiger partial charge < -0.3 is 15.2 Å². The molecule has 0 aromatic heterocycles. The third-order valence-electron chi connectivity index (χ3n) is 2.88. The Morgan fingerprint density at radius 2 is 2.27 bits per heavy atom. The Morgan fingerprint density at radius 1 is 1.47 bits per heavy atom. The second-order valence-corrected chi connectivity index (χ2v) is 4.08. The molecule has 0 aliphatic carbocycles. The highest BCUT2D eigenvalue weighted by Gasteiger charge is 2.23. The standard InChI is InChI=1S/C11H24N2O2/c1-3-13(5-6-15-4-2)9-10-7-11(14)8-12-10/h10-12,14H,3-9H2,1-2H3. The Morgan fingerprint density at radius 3 is 2.80 bits per heavy atom. The minimum atomic E-state index is -0.152. The first-order valence-corrected chi connectivity index (χ1v) is 5.97. The summed E-state index contributed by atoms with van der Waals surface area (Å²) in [4.78, 5) is 2.37. The van der Waals surface area contributed by atoms with Crippen molar-refractivity contribution in [3.8, 4) is 0 Å². The molecule has 1 rings (SSSR count). The highest BCUT2D eigenvalue weighted by molar-refractivity contribution is 4.83. The summed E-state index contributed by atoms with van der Waals surface area (Å²) in [7, 11) is 0. The quantitative estimate of drug-likeness (QED) is 0.591. The molecule has 1 heterocycles.